The van der Waals surface area contributed by atoms with Gasteiger partial charge in [0.25, 0.3) is 9.05 Å². The molecule has 0 saturated heterocycles. The number of rotatable bonds is 3. The van der Waals surface area contributed by atoms with Gasteiger partial charge in [-0.1, -0.05) is 36.9 Å². The fourth-order valence-electron chi connectivity index (χ4n) is 3.09. The van der Waals surface area contributed by atoms with Gasteiger partial charge in [0.15, 0.2) is 0 Å². The van der Waals surface area contributed by atoms with Gasteiger partial charge in [-0.3, -0.25) is 4.79 Å². The Morgan fingerprint density at radius 3 is 2.40 bits per heavy atom. The van der Waals surface area contributed by atoms with Gasteiger partial charge < -0.3 is 4.74 Å². The number of carbonyl (C=O) groups is 1. The van der Waals surface area contributed by atoms with E-state index in [1.165, 1.54) is 13.0 Å². The molecule has 0 spiro atoms. The second-order valence-corrected chi connectivity index (χ2v) is 8.09. The van der Waals surface area contributed by atoms with Crippen molar-refractivity contribution < 1.29 is 17.9 Å². The highest BCUT2D eigenvalue weighted by molar-refractivity contribution is 8.14. The lowest BCUT2D eigenvalue weighted by Gasteiger charge is -2.15. The molecular weight excluding hydrogens is 360 g/mol. The number of benzene rings is 3. The van der Waals surface area contributed by atoms with Crippen molar-refractivity contribution >= 4 is 59.4 Å². The molecule has 3 rings (SSSR count). The fourth-order valence-corrected chi connectivity index (χ4v) is 4.15. The van der Waals surface area contributed by atoms with Crippen LogP contribution in [-0.4, -0.2) is 14.4 Å². The normalized spacial score (nSPS) is 12.7. The number of carbonyl (C=O) groups excluding carboxylic acids is 1. The Balaban J connectivity index is 2.69. The smallest absolute Gasteiger partial charge is 0.308 e. The largest absolute Gasteiger partial charge is 0.426 e. The van der Waals surface area contributed by atoms with Gasteiger partial charge in [0, 0.05) is 39.8 Å². The van der Waals surface area contributed by atoms with Gasteiger partial charge >= 0.3 is 5.97 Å². The number of ether oxygens (including phenoxy) is 1. The summed E-state index contributed by atoms with van der Waals surface area (Å²) in [7, 11) is 1.60. The van der Waals surface area contributed by atoms with Crippen LogP contribution in [0.3, 0.4) is 0 Å². The van der Waals surface area contributed by atoms with Crippen LogP contribution in [0.4, 0.5) is 0 Å². The van der Waals surface area contributed by atoms with Crippen LogP contribution < -0.4 is 9.96 Å². The summed E-state index contributed by atoms with van der Waals surface area (Å²) in [6.07, 6.45) is 3.63. The van der Waals surface area contributed by atoms with Crippen LogP contribution >= 0.6 is 10.7 Å². The molecule has 4 nitrogen and oxygen atoms in total. The standard InChI is InChI=1S/C19H15ClO4S/c1-4-12-6-8-14-16(24-11(3)21)10-17(25(20,22)23)15-9-7-13(5-2)18(12)19(14)15/h4-10H,2H2,1,3H3/b12-4-. The molecule has 0 aromatic heterocycles. The predicted molar refractivity (Wildman–Crippen MR) is 101 cm³/mol. The number of hydrogen-bond donors (Lipinski definition) is 0. The van der Waals surface area contributed by atoms with E-state index < -0.39 is 15.0 Å². The summed E-state index contributed by atoms with van der Waals surface area (Å²) in [5, 5.41) is 3.55. The van der Waals surface area contributed by atoms with Crippen molar-refractivity contribution in [3.8, 4) is 5.75 Å². The first-order chi connectivity index (χ1) is 11.8. The summed E-state index contributed by atoms with van der Waals surface area (Å²) in [6, 6.07) is 8.49. The number of hydrogen-bond acceptors (Lipinski definition) is 4. The molecule has 128 valence electrons. The fraction of sp³-hybridized carbons (Fsp3) is 0.105. The molecule has 3 aromatic rings. The third-order valence-electron chi connectivity index (χ3n) is 4.07. The Bertz CT molecular complexity index is 1190. The van der Waals surface area contributed by atoms with E-state index in [0.717, 1.165) is 16.2 Å². The molecular formula is C19H15ClO4S. The monoisotopic (exact) mass is 374 g/mol. The lowest BCUT2D eigenvalue weighted by molar-refractivity contribution is -0.131. The zero-order chi connectivity index (χ0) is 18.4. The Morgan fingerprint density at radius 2 is 1.84 bits per heavy atom. The average Bonchev–Trinajstić information content (AvgIpc) is 2.55. The van der Waals surface area contributed by atoms with Crippen molar-refractivity contribution in [3.05, 3.63) is 47.7 Å². The van der Waals surface area contributed by atoms with Gasteiger partial charge in [-0.15, -0.1) is 0 Å². The van der Waals surface area contributed by atoms with Crippen LogP contribution in [0.25, 0.3) is 33.7 Å². The summed E-state index contributed by atoms with van der Waals surface area (Å²) in [5.41, 5.74) is 0.851. The molecule has 25 heavy (non-hydrogen) atoms. The van der Waals surface area contributed by atoms with Gasteiger partial charge in [-0.05, 0) is 29.2 Å². The molecule has 0 aliphatic rings. The van der Waals surface area contributed by atoms with Crippen molar-refractivity contribution in [3.63, 3.8) is 0 Å². The van der Waals surface area contributed by atoms with Crippen LogP contribution in [-0.2, 0) is 13.8 Å². The van der Waals surface area contributed by atoms with Crippen molar-refractivity contribution in [2.75, 3.05) is 0 Å². The van der Waals surface area contributed by atoms with Gasteiger partial charge in [0.1, 0.15) is 5.75 Å². The lowest BCUT2D eigenvalue weighted by Crippen LogP contribution is -2.08. The Kier molecular flexibility index (Phi) is 4.31. The van der Waals surface area contributed by atoms with Crippen molar-refractivity contribution in [1.29, 1.82) is 0 Å². The molecule has 0 aliphatic heterocycles. The molecule has 0 N–H and O–H groups in total. The van der Waals surface area contributed by atoms with E-state index in [1.807, 2.05) is 19.1 Å². The van der Waals surface area contributed by atoms with Crippen LogP contribution in [0.1, 0.15) is 19.4 Å². The van der Waals surface area contributed by atoms with Gasteiger partial charge in [-0.2, -0.15) is 0 Å². The molecule has 0 saturated carbocycles. The molecule has 0 heterocycles. The molecule has 0 amide bonds. The predicted octanol–water partition coefficient (Wildman–Crippen LogP) is 4.01. The number of esters is 1. The zero-order valence-corrected chi connectivity index (χ0v) is 15.2. The molecule has 0 atom stereocenters. The van der Waals surface area contributed by atoms with Crippen LogP contribution in [0, 0.1) is 0 Å². The quantitative estimate of drug-likeness (QED) is 0.395. The summed E-state index contributed by atoms with van der Waals surface area (Å²) >= 11 is 0. The molecule has 0 bridgehead atoms. The maximum absolute atomic E-state index is 12.1. The lowest BCUT2D eigenvalue weighted by atomic mass is 9.94. The third kappa shape index (κ3) is 2.90. The highest BCUT2D eigenvalue weighted by Crippen LogP contribution is 2.39. The van der Waals surface area contributed by atoms with E-state index >= 15 is 0 Å². The highest BCUT2D eigenvalue weighted by atomic mass is 35.7. The minimum atomic E-state index is -4.04. The summed E-state index contributed by atoms with van der Waals surface area (Å²) in [6.45, 7) is 6.98. The Labute approximate surface area is 149 Å². The zero-order valence-electron chi connectivity index (χ0n) is 13.7. The molecule has 3 aromatic carbocycles. The molecule has 0 radical (unpaired) electrons. The van der Waals surface area contributed by atoms with Crippen molar-refractivity contribution in [1.82, 2.24) is 0 Å². The van der Waals surface area contributed by atoms with E-state index in [9.17, 15) is 13.2 Å². The van der Waals surface area contributed by atoms with Crippen LogP contribution in [0.5, 0.6) is 5.75 Å². The topological polar surface area (TPSA) is 60.4 Å². The first-order valence-corrected chi connectivity index (χ1v) is 9.83. The summed E-state index contributed by atoms with van der Waals surface area (Å²) in [5.74, 6) is -0.381. The maximum atomic E-state index is 12.1. The van der Waals surface area contributed by atoms with Crippen LogP contribution in [0.15, 0.2) is 41.8 Å². The maximum Gasteiger partial charge on any atom is 0.308 e. The van der Waals surface area contributed by atoms with Crippen molar-refractivity contribution in [2.45, 2.75) is 18.7 Å². The molecule has 6 heteroatoms. The van der Waals surface area contributed by atoms with Crippen LogP contribution in [0.2, 0.25) is 0 Å². The Morgan fingerprint density at radius 1 is 1.16 bits per heavy atom. The van der Waals surface area contributed by atoms with E-state index in [4.69, 9.17) is 15.4 Å². The van der Waals surface area contributed by atoms with Gasteiger partial charge in [0.05, 0.1) is 4.90 Å². The second kappa shape index (κ2) is 6.17. The molecule has 0 unspecified atom stereocenters. The second-order valence-electron chi connectivity index (χ2n) is 5.55. The summed E-state index contributed by atoms with van der Waals surface area (Å²) in [4.78, 5) is 11.4. The minimum Gasteiger partial charge on any atom is -0.426 e. The first-order valence-electron chi connectivity index (χ1n) is 7.52. The van der Waals surface area contributed by atoms with E-state index in [0.29, 0.717) is 16.2 Å². The van der Waals surface area contributed by atoms with Gasteiger partial charge in [0.2, 0.25) is 0 Å². The Hall–Kier alpha value is -2.37. The van der Waals surface area contributed by atoms with E-state index in [1.54, 1.807) is 24.3 Å². The molecule has 0 fully saturated rings. The highest BCUT2D eigenvalue weighted by Gasteiger charge is 2.21. The van der Waals surface area contributed by atoms with Crippen molar-refractivity contribution in [2.24, 2.45) is 0 Å². The van der Waals surface area contributed by atoms with E-state index in [2.05, 4.69) is 6.58 Å². The molecule has 0 aliphatic carbocycles. The SMILES string of the molecule is C=Cc1ccc2c(S(=O)(=O)Cl)cc(OC(C)=O)c3cc/c(=C/C)c1c32. The van der Waals surface area contributed by atoms with E-state index in [-0.39, 0.29) is 10.6 Å². The third-order valence-corrected chi connectivity index (χ3v) is 5.43. The summed E-state index contributed by atoms with van der Waals surface area (Å²) < 4.78 is 29.4. The van der Waals surface area contributed by atoms with Gasteiger partial charge in [-0.25, -0.2) is 8.42 Å². The number of halogens is 1. The average molecular weight is 375 g/mol. The first kappa shape index (κ1) is 17.5. The minimum absolute atomic E-state index is 0.0909.